The number of carbonyl (C=O) groups is 1. The average Bonchev–Trinajstić information content (AvgIpc) is 2.93. The molecule has 1 aromatic carbocycles. The maximum absolute atomic E-state index is 12.8. The third-order valence-corrected chi connectivity index (χ3v) is 3.55. The fraction of sp³-hybridized carbons (Fsp3) is 0.250. The molecule has 8 heteroatoms. The van der Waals surface area contributed by atoms with Gasteiger partial charge in [0, 0.05) is 19.0 Å². The number of carbonyl (C=O) groups excluding carboxylic acids is 1. The molecule has 24 heavy (non-hydrogen) atoms. The largest absolute Gasteiger partial charge is 0.473 e. The second kappa shape index (κ2) is 8.70. The highest BCUT2D eigenvalue weighted by atomic mass is 35.5. The van der Waals surface area contributed by atoms with Gasteiger partial charge in [0.15, 0.2) is 0 Å². The van der Waals surface area contributed by atoms with E-state index in [0.717, 1.165) is 12.0 Å². The van der Waals surface area contributed by atoms with Gasteiger partial charge >= 0.3 is 0 Å². The topological polar surface area (TPSA) is 68.5 Å². The molecule has 1 aliphatic heterocycles. The van der Waals surface area contributed by atoms with Gasteiger partial charge in [-0.25, -0.2) is 9.37 Å². The Hall–Kier alpha value is -2.05. The number of benzene rings is 1. The van der Waals surface area contributed by atoms with Crippen molar-refractivity contribution in [1.29, 1.82) is 0 Å². The quantitative estimate of drug-likeness (QED) is 0.891. The monoisotopic (exact) mass is 373 g/mol. The van der Waals surface area contributed by atoms with Gasteiger partial charge < -0.3 is 15.4 Å². The summed E-state index contributed by atoms with van der Waals surface area (Å²) in [6.07, 6.45) is 2.93. The molecule has 0 aliphatic carbocycles. The second-order valence-corrected chi connectivity index (χ2v) is 5.15. The number of nitrogen functional groups attached to an aromatic ring is 1. The molecule has 0 saturated carbocycles. The van der Waals surface area contributed by atoms with Gasteiger partial charge in [-0.05, 0) is 24.1 Å². The Morgan fingerprint density at radius 1 is 1.25 bits per heavy atom. The van der Waals surface area contributed by atoms with Gasteiger partial charge in [-0.1, -0.05) is 12.1 Å². The van der Waals surface area contributed by atoms with Crippen LogP contribution >= 0.6 is 24.8 Å². The average molecular weight is 374 g/mol. The highest BCUT2D eigenvalue weighted by Gasteiger charge is 2.23. The van der Waals surface area contributed by atoms with Crippen LogP contribution < -0.4 is 15.4 Å². The fourth-order valence-corrected chi connectivity index (χ4v) is 2.39. The Balaban J connectivity index is 0.00000144. The molecule has 1 aromatic heterocycles. The van der Waals surface area contributed by atoms with Crippen molar-refractivity contribution in [3.05, 3.63) is 47.9 Å². The lowest BCUT2D eigenvalue weighted by Crippen LogP contribution is -2.24. The van der Waals surface area contributed by atoms with Gasteiger partial charge in [-0.3, -0.25) is 4.79 Å². The Morgan fingerprint density at radius 3 is 2.54 bits per heavy atom. The first-order chi connectivity index (χ1) is 10.6. The number of halogens is 3. The van der Waals surface area contributed by atoms with Gasteiger partial charge in [-0.2, -0.15) is 0 Å². The highest BCUT2D eigenvalue weighted by molar-refractivity contribution is 5.97. The first-order valence-electron chi connectivity index (χ1n) is 7.06. The summed E-state index contributed by atoms with van der Waals surface area (Å²) in [5, 5.41) is 0. The number of hydrogen-bond acceptors (Lipinski definition) is 4. The number of rotatable bonds is 4. The molecule has 130 valence electrons. The lowest BCUT2D eigenvalue weighted by molar-refractivity contribution is -0.117. The number of nitrogens with zero attached hydrogens (tertiary/aromatic N) is 2. The van der Waals surface area contributed by atoms with E-state index in [1.165, 1.54) is 12.1 Å². The van der Waals surface area contributed by atoms with Crippen molar-refractivity contribution < 1.29 is 13.9 Å². The van der Waals surface area contributed by atoms with Crippen LogP contribution in [0.25, 0.3) is 0 Å². The zero-order chi connectivity index (χ0) is 15.5. The van der Waals surface area contributed by atoms with E-state index in [9.17, 15) is 9.18 Å². The van der Waals surface area contributed by atoms with Crippen LogP contribution in [0.3, 0.4) is 0 Å². The van der Waals surface area contributed by atoms with Crippen molar-refractivity contribution in [3.8, 4) is 5.88 Å². The van der Waals surface area contributed by atoms with Gasteiger partial charge in [-0.15, -0.1) is 24.8 Å². The molecule has 2 N–H and O–H groups in total. The summed E-state index contributed by atoms with van der Waals surface area (Å²) in [7, 11) is 0. The van der Waals surface area contributed by atoms with Crippen LogP contribution in [-0.4, -0.2) is 17.4 Å². The third-order valence-electron chi connectivity index (χ3n) is 3.55. The number of amides is 1. The van der Waals surface area contributed by atoms with Crippen molar-refractivity contribution in [2.75, 3.05) is 17.2 Å². The summed E-state index contributed by atoms with van der Waals surface area (Å²) < 4.78 is 18.4. The molecule has 0 unspecified atom stereocenters. The molecule has 0 radical (unpaired) electrons. The van der Waals surface area contributed by atoms with E-state index in [4.69, 9.17) is 10.5 Å². The Kier molecular flexibility index (Phi) is 7.25. The van der Waals surface area contributed by atoms with Gasteiger partial charge in [0.25, 0.3) is 0 Å². The second-order valence-electron chi connectivity index (χ2n) is 5.15. The van der Waals surface area contributed by atoms with Gasteiger partial charge in [0.1, 0.15) is 12.4 Å². The first kappa shape index (κ1) is 20.0. The smallest absolute Gasteiger partial charge is 0.227 e. The van der Waals surface area contributed by atoms with Crippen LogP contribution in [-0.2, 0) is 11.4 Å². The Bertz CT molecular complexity index is 698. The lowest BCUT2D eigenvalue weighted by atomic mass is 10.2. The molecule has 1 fully saturated rings. The fourth-order valence-electron chi connectivity index (χ4n) is 2.39. The first-order valence-corrected chi connectivity index (χ1v) is 7.06. The Morgan fingerprint density at radius 2 is 1.96 bits per heavy atom. The van der Waals surface area contributed by atoms with Crippen molar-refractivity contribution in [2.24, 2.45) is 0 Å². The van der Waals surface area contributed by atoms with E-state index in [0.29, 0.717) is 30.2 Å². The van der Waals surface area contributed by atoms with Crippen LogP contribution in [0.15, 0.2) is 36.5 Å². The van der Waals surface area contributed by atoms with Crippen LogP contribution in [0, 0.1) is 5.82 Å². The Labute approximate surface area is 151 Å². The maximum atomic E-state index is 12.8. The van der Waals surface area contributed by atoms with Crippen LogP contribution in [0.4, 0.5) is 15.8 Å². The van der Waals surface area contributed by atoms with Crippen molar-refractivity contribution >= 4 is 42.1 Å². The number of nitrogens with two attached hydrogens (primary N) is 1. The standard InChI is InChI=1S/C16H16FN3O2.2ClH/c17-12-5-3-11(4-6-12)10-22-15-8-13(18)14(9-19-15)20-7-1-2-16(20)21;;/h3-6,8-9H,1-2,7,10H2,(H2,18,19);2*1H. The molecule has 3 rings (SSSR count). The van der Waals surface area contributed by atoms with E-state index in [1.54, 1.807) is 29.3 Å². The molecular formula is C16H18Cl2FN3O2. The van der Waals surface area contributed by atoms with Crippen molar-refractivity contribution in [3.63, 3.8) is 0 Å². The summed E-state index contributed by atoms with van der Waals surface area (Å²) in [5.41, 5.74) is 7.90. The summed E-state index contributed by atoms with van der Waals surface area (Å²) in [6, 6.07) is 7.65. The van der Waals surface area contributed by atoms with Gasteiger partial charge in [0.2, 0.25) is 11.8 Å². The van der Waals surface area contributed by atoms with E-state index < -0.39 is 0 Å². The predicted molar refractivity (Wildman–Crippen MR) is 95.5 cm³/mol. The number of aromatic nitrogens is 1. The SMILES string of the molecule is Cl.Cl.Nc1cc(OCc2ccc(F)cc2)ncc1N1CCCC1=O. The van der Waals surface area contributed by atoms with Crippen molar-refractivity contribution in [1.82, 2.24) is 4.98 Å². The van der Waals surface area contributed by atoms with E-state index >= 15 is 0 Å². The number of pyridine rings is 1. The summed E-state index contributed by atoms with van der Waals surface area (Å²) >= 11 is 0. The predicted octanol–water partition coefficient (Wildman–Crippen LogP) is 3.35. The van der Waals surface area contributed by atoms with Crippen LogP contribution in [0.2, 0.25) is 0 Å². The van der Waals surface area contributed by atoms with E-state index in [-0.39, 0.29) is 43.1 Å². The zero-order valence-electron chi connectivity index (χ0n) is 12.8. The third kappa shape index (κ3) is 4.49. The van der Waals surface area contributed by atoms with Crippen molar-refractivity contribution in [2.45, 2.75) is 19.4 Å². The molecule has 0 spiro atoms. The molecule has 2 heterocycles. The van der Waals surface area contributed by atoms with Crippen LogP contribution in [0.1, 0.15) is 18.4 Å². The summed E-state index contributed by atoms with van der Waals surface area (Å²) in [4.78, 5) is 17.6. The molecule has 0 atom stereocenters. The molecule has 1 saturated heterocycles. The molecule has 0 bridgehead atoms. The van der Waals surface area contributed by atoms with Crippen LogP contribution in [0.5, 0.6) is 5.88 Å². The molecule has 1 amide bonds. The van der Waals surface area contributed by atoms with Gasteiger partial charge in [0.05, 0.1) is 17.6 Å². The molecule has 1 aliphatic rings. The molecule has 5 nitrogen and oxygen atoms in total. The number of ether oxygens (including phenoxy) is 1. The minimum atomic E-state index is -0.286. The number of hydrogen-bond donors (Lipinski definition) is 1. The molecule has 2 aromatic rings. The minimum absolute atomic E-state index is 0. The number of anilines is 2. The van der Waals surface area contributed by atoms with E-state index in [2.05, 4.69) is 4.98 Å². The normalized spacial score (nSPS) is 13.2. The lowest BCUT2D eigenvalue weighted by Gasteiger charge is -2.17. The summed E-state index contributed by atoms with van der Waals surface area (Å²) in [6.45, 7) is 0.940. The zero-order valence-corrected chi connectivity index (χ0v) is 14.4. The molecular weight excluding hydrogens is 356 g/mol. The highest BCUT2D eigenvalue weighted by Crippen LogP contribution is 2.29. The van der Waals surface area contributed by atoms with E-state index in [1.807, 2.05) is 0 Å². The minimum Gasteiger partial charge on any atom is -0.473 e. The summed E-state index contributed by atoms with van der Waals surface area (Å²) in [5.74, 6) is 0.149. The maximum Gasteiger partial charge on any atom is 0.227 e.